The summed E-state index contributed by atoms with van der Waals surface area (Å²) in [5, 5.41) is -1.16. The van der Waals surface area contributed by atoms with E-state index >= 15 is 0 Å². The second kappa shape index (κ2) is 18.9. The van der Waals surface area contributed by atoms with Crippen molar-refractivity contribution in [1.29, 1.82) is 0 Å². The Hall–Kier alpha value is -5.16. The van der Waals surface area contributed by atoms with Gasteiger partial charge in [0.25, 0.3) is 0 Å². The molecule has 3 aromatic rings. The molecule has 10 atom stereocenters. The number of alkyl halides is 1. The van der Waals surface area contributed by atoms with Crippen molar-refractivity contribution in [2.75, 3.05) is 6.61 Å². The number of ether oxygens (including phenoxy) is 9. The maximum atomic E-state index is 13.7. The Morgan fingerprint density at radius 2 is 0.945 bits per heavy atom. The van der Waals surface area contributed by atoms with Gasteiger partial charge in [-0.05, 0) is 43.3 Å². The van der Waals surface area contributed by atoms with Gasteiger partial charge in [0.15, 0.2) is 36.8 Å². The van der Waals surface area contributed by atoms with Gasteiger partial charge in [-0.25, -0.2) is 14.4 Å². The lowest BCUT2D eigenvalue weighted by Crippen LogP contribution is -2.65. The van der Waals surface area contributed by atoms with Crippen molar-refractivity contribution in [2.24, 2.45) is 0 Å². The standard InChI is InChI=1S/C39H39BrO15/c1-21-29(52-36(44)25-14-8-5-9-15-25)31(53-37(45)26-16-10-6-11-17-26)34(54-38(46)27-18-12-7-13-19-27)39(48-21)55-33-32(50-24(4)43)30(49-23(3)42)28(51-35(33)40)20-47-22(2)41/h5-19,21,28-35,39H,20H2,1-4H3/t21-,28+,29-,30+,31+,32-,33+,34+,35-,39-/m0/s1. The summed E-state index contributed by atoms with van der Waals surface area (Å²) >= 11 is 3.39. The van der Waals surface area contributed by atoms with Gasteiger partial charge in [0.2, 0.25) is 0 Å². The van der Waals surface area contributed by atoms with Crippen LogP contribution in [-0.2, 0) is 57.0 Å². The number of hydrogen-bond acceptors (Lipinski definition) is 15. The van der Waals surface area contributed by atoms with E-state index in [-0.39, 0.29) is 23.3 Å². The molecule has 0 aromatic heterocycles. The maximum Gasteiger partial charge on any atom is 0.338 e. The first-order chi connectivity index (χ1) is 26.3. The Morgan fingerprint density at radius 3 is 1.40 bits per heavy atom. The van der Waals surface area contributed by atoms with Crippen LogP contribution in [0.2, 0.25) is 0 Å². The van der Waals surface area contributed by atoms with Crippen molar-refractivity contribution in [3.8, 4) is 0 Å². The van der Waals surface area contributed by atoms with Gasteiger partial charge < -0.3 is 42.6 Å². The average molecular weight is 828 g/mol. The van der Waals surface area contributed by atoms with Crippen molar-refractivity contribution in [2.45, 2.75) is 87.8 Å². The summed E-state index contributed by atoms with van der Waals surface area (Å²) in [6.07, 6.45) is -12.7. The molecule has 0 saturated carbocycles. The Balaban J connectivity index is 1.56. The quantitative estimate of drug-likeness (QED) is 0.143. The predicted octanol–water partition coefficient (Wildman–Crippen LogP) is 4.34. The first kappa shape index (κ1) is 41.0. The highest BCUT2D eigenvalue weighted by Gasteiger charge is 2.56. The van der Waals surface area contributed by atoms with E-state index < -0.39 is 96.0 Å². The van der Waals surface area contributed by atoms with Crippen LogP contribution in [0.15, 0.2) is 91.0 Å². The Bertz CT molecular complexity index is 1810. The molecule has 3 aromatic carbocycles. The summed E-state index contributed by atoms with van der Waals surface area (Å²) in [5.41, 5.74) is 0.440. The minimum atomic E-state index is -1.66. The van der Waals surface area contributed by atoms with Crippen LogP contribution < -0.4 is 0 Å². The minimum absolute atomic E-state index is 0.117. The summed E-state index contributed by atoms with van der Waals surface area (Å²) < 4.78 is 53.0. The highest BCUT2D eigenvalue weighted by atomic mass is 79.9. The van der Waals surface area contributed by atoms with Crippen molar-refractivity contribution in [1.82, 2.24) is 0 Å². The smallest absolute Gasteiger partial charge is 0.338 e. The Kier molecular flexibility index (Phi) is 14.1. The van der Waals surface area contributed by atoms with Crippen LogP contribution in [0, 0.1) is 0 Å². The van der Waals surface area contributed by atoms with E-state index in [1.54, 1.807) is 54.6 Å². The van der Waals surface area contributed by atoms with Crippen LogP contribution in [0.1, 0.15) is 58.8 Å². The fourth-order valence-corrected chi connectivity index (χ4v) is 6.66. The van der Waals surface area contributed by atoms with Crippen molar-refractivity contribution in [3.63, 3.8) is 0 Å². The molecule has 0 unspecified atom stereocenters. The summed E-state index contributed by atoms with van der Waals surface area (Å²) in [5.74, 6) is -4.73. The summed E-state index contributed by atoms with van der Waals surface area (Å²) in [6, 6.07) is 23.9. The summed E-state index contributed by atoms with van der Waals surface area (Å²) in [7, 11) is 0. The van der Waals surface area contributed by atoms with Gasteiger partial charge in [-0.2, -0.15) is 0 Å². The van der Waals surface area contributed by atoms with Crippen molar-refractivity contribution in [3.05, 3.63) is 108 Å². The lowest BCUT2D eigenvalue weighted by molar-refractivity contribution is -0.328. The largest absolute Gasteiger partial charge is 0.463 e. The number of carbonyl (C=O) groups excluding carboxylic acids is 6. The molecule has 0 radical (unpaired) electrons. The number of carbonyl (C=O) groups is 6. The third-order valence-corrected chi connectivity index (χ3v) is 9.15. The molecular weight excluding hydrogens is 788 g/mol. The molecule has 2 aliphatic heterocycles. The SMILES string of the molecule is CC(=O)OC[C@H]1O[C@H](Br)[C@H](O[C@@H]2O[C@@H](C)[C@H](OC(=O)c3ccccc3)[C@@H](OC(=O)c3ccccc3)[C@H]2OC(=O)c2ccccc2)[C@@H](OC(C)=O)[C@@H]1OC(C)=O. The molecule has 5 rings (SSSR count). The normalized spacial score (nSPS) is 27.4. The zero-order chi connectivity index (χ0) is 39.6. The fraction of sp³-hybridized carbons (Fsp3) is 0.385. The number of hydrogen-bond donors (Lipinski definition) is 0. The van der Waals surface area contributed by atoms with Gasteiger partial charge in [-0.1, -0.05) is 70.5 Å². The van der Waals surface area contributed by atoms with Crippen molar-refractivity contribution >= 4 is 51.7 Å². The van der Waals surface area contributed by atoms with Crippen LogP contribution in [-0.4, -0.2) is 103 Å². The first-order valence-electron chi connectivity index (χ1n) is 17.2. The minimum Gasteiger partial charge on any atom is -0.463 e. The molecule has 0 N–H and O–H groups in total. The second-order valence-electron chi connectivity index (χ2n) is 12.5. The molecule has 2 heterocycles. The Morgan fingerprint density at radius 1 is 0.527 bits per heavy atom. The zero-order valence-corrected chi connectivity index (χ0v) is 31.7. The van der Waals surface area contributed by atoms with Crippen LogP contribution in [0.3, 0.4) is 0 Å². The van der Waals surface area contributed by atoms with Gasteiger partial charge in [-0.3, -0.25) is 14.4 Å². The number of esters is 6. The fourth-order valence-electron chi connectivity index (χ4n) is 5.96. The highest BCUT2D eigenvalue weighted by molar-refractivity contribution is 9.09. The van der Waals surface area contributed by atoms with Gasteiger partial charge in [0.05, 0.1) is 22.8 Å². The number of halogens is 1. The van der Waals surface area contributed by atoms with Gasteiger partial charge in [0.1, 0.15) is 23.8 Å². The first-order valence-corrected chi connectivity index (χ1v) is 18.1. The maximum absolute atomic E-state index is 13.7. The molecule has 15 nitrogen and oxygen atoms in total. The third kappa shape index (κ3) is 10.7. The Labute approximate surface area is 324 Å². The second-order valence-corrected chi connectivity index (χ2v) is 13.4. The topological polar surface area (TPSA) is 185 Å². The monoisotopic (exact) mass is 826 g/mol. The molecule has 0 spiro atoms. The molecule has 55 heavy (non-hydrogen) atoms. The van der Waals surface area contributed by atoms with E-state index in [2.05, 4.69) is 15.9 Å². The summed E-state index contributed by atoms with van der Waals surface area (Å²) in [4.78, 5) is 77.3. The molecule has 0 aliphatic carbocycles. The number of benzene rings is 3. The molecule has 292 valence electrons. The van der Waals surface area contributed by atoms with Gasteiger partial charge in [-0.15, -0.1) is 0 Å². The summed E-state index contributed by atoms with van der Waals surface area (Å²) in [6.45, 7) is 4.56. The molecule has 2 saturated heterocycles. The molecule has 2 aliphatic rings. The van der Waals surface area contributed by atoms with Gasteiger partial charge in [0, 0.05) is 20.8 Å². The van der Waals surface area contributed by atoms with E-state index in [1.807, 2.05) is 0 Å². The average Bonchev–Trinajstić information content (AvgIpc) is 3.16. The van der Waals surface area contributed by atoms with Crippen LogP contribution in [0.4, 0.5) is 0 Å². The zero-order valence-electron chi connectivity index (χ0n) is 30.1. The predicted molar refractivity (Wildman–Crippen MR) is 191 cm³/mol. The van der Waals surface area contributed by atoms with Crippen molar-refractivity contribution < 1.29 is 71.4 Å². The van der Waals surface area contributed by atoms with E-state index in [9.17, 15) is 28.8 Å². The molecular formula is C39H39BrO15. The van der Waals surface area contributed by atoms with Crippen LogP contribution >= 0.6 is 15.9 Å². The molecule has 0 amide bonds. The third-order valence-electron chi connectivity index (χ3n) is 8.41. The van der Waals surface area contributed by atoms with E-state index in [0.29, 0.717) is 0 Å². The number of rotatable bonds is 12. The van der Waals surface area contributed by atoms with E-state index in [0.717, 1.165) is 13.8 Å². The molecule has 2 fully saturated rings. The van der Waals surface area contributed by atoms with E-state index in [4.69, 9.17) is 42.6 Å². The molecule has 0 bridgehead atoms. The van der Waals surface area contributed by atoms with Crippen LogP contribution in [0.25, 0.3) is 0 Å². The van der Waals surface area contributed by atoms with E-state index in [1.165, 1.54) is 50.2 Å². The molecule has 16 heteroatoms. The van der Waals surface area contributed by atoms with Crippen LogP contribution in [0.5, 0.6) is 0 Å². The van der Waals surface area contributed by atoms with Gasteiger partial charge >= 0.3 is 35.8 Å². The lowest BCUT2D eigenvalue weighted by atomic mass is 9.97. The highest BCUT2D eigenvalue weighted by Crippen LogP contribution is 2.37. The lowest BCUT2D eigenvalue weighted by Gasteiger charge is -2.47.